The van der Waals surface area contributed by atoms with E-state index in [1.165, 1.54) is 5.56 Å². The summed E-state index contributed by atoms with van der Waals surface area (Å²) in [4.78, 5) is 12.3. The number of benzene rings is 1. The Morgan fingerprint density at radius 2 is 2.00 bits per heavy atom. The first-order valence-corrected chi connectivity index (χ1v) is 6.34. The van der Waals surface area contributed by atoms with Gasteiger partial charge in [-0.05, 0) is 26.1 Å². The Labute approximate surface area is 117 Å². The fourth-order valence-corrected chi connectivity index (χ4v) is 1.73. The van der Waals surface area contributed by atoms with Crippen LogP contribution in [0.2, 0.25) is 0 Å². The molecule has 0 aliphatic heterocycles. The molecule has 1 aromatic carbocycles. The van der Waals surface area contributed by atoms with Crippen LogP contribution in [0.3, 0.4) is 0 Å². The first-order valence-electron chi connectivity index (χ1n) is 6.34. The maximum Gasteiger partial charge on any atom is 0.304 e. The molecule has 0 bridgehead atoms. The van der Waals surface area contributed by atoms with Gasteiger partial charge in [0.25, 0.3) is 0 Å². The number of aryl methyl sites for hydroxylation is 1. The van der Waals surface area contributed by atoms with Gasteiger partial charge in [0.15, 0.2) is 0 Å². The summed E-state index contributed by atoms with van der Waals surface area (Å²) in [5.41, 5.74) is 2.05. The number of nitrogens with zero attached hydrogens (tertiary/aromatic N) is 3. The summed E-state index contributed by atoms with van der Waals surface area (Å²) in [6.45, 7) is 2.89. The highest BCUT2D eigenvalue weighted by Crippen LogP contribution is 2.18. The Morgan fingerprint density at radius 3 is 2.65 bits per heavy atom. The van der Waals surface area contributed by atoms with Crippen molar-refractivity contribution >= 4 is 5.97 Å². The molecule has 0 unspecified atom stereocenters. The van der Waals surface area contributed by atoms with Crippen LogP contribution in [-0.2, 0) is 11.3 Å². The van der Waals surface area contributed by atoms with E-state index in [9.17, 15) is 4.79 Å². The summed E-state index contributed by atoms with van der Waals surface area (Å²) in [5, 5.41) is 16.6. The second-order valence-electron chi connectivity index (χ2n) is 4.75. The number of hydrogen-bond acceptors (Lipinski definition) is 5. The molecule has 20 heavy (non-hydrogen) atoms. The van der Waals surface area contributed by atoms with Crippen molar-refractivity contribution in [3.8, 4) is 11.5 Å². The first-order chi connectivity index (χ1) is 9.54. The fraction of sp³-hybridized carbons (Fsp3) is 0.357. The van der Waals surface area contributed by atoms with Crippen LogP contribution in [0.4, 0.5) is 0 Å². The lowest BCUT2D eigenvalue weighted by Crippen LogP contribution is -2.21. The molecule has 1 aromatic heterocycles. The molecule has 0 spiro atoms. The standard InChI is InChI=1S/C14H17N3O3/c1-10-3-5-11(6-4-10)14-16-15-12(20-14)9-17(2)8-7-13(18)19/h3-6H,7-9H2,1-2H3,(H,18,19). The van der Waals surface area contributed by atoms with Crippen molar-refractivity contribution < 1.29 is 14.3 Å². The maximum absolute atomic E-state index is 10.5. The molecule has 2 aromatic rings. The molecule has 0 saturated carbocycles. The molecule has 0 radical (unpaired) electrons. The average molecular weight is 275 g/mol. The molecular formula is C14H17N3O3. The zero-order valence-corrected chi connectivity index (χ0v) is 11.5. The molecular weight excluding hydrogens is 258 g/mol. The van der Waals surface area contributed by atoms with E-state index < -0.39 is 5.97 Å². The fourth-order valence-electron chi connectivity index (χ4n) is 1.73. The molecule has 106 valence electrons. The normalized spacial score (nSPS) is 10.9. The van der Waals surface area contributed by atoms with Crippen molar-refractivity contribution in [2.24, 2.45) is 0 Å². The molecule has 6 heteroatoms. The molecule has 0 amide bonds. The van der Waals surface area contributed by atoms with E-state index in [4.69, 9.17) is 9.52 Å². The van der Waals surface area contributed by atoms with Crippen LogP contribution in [0.25, 0.3) is 11.5 Å². The van der Waals surface area contributed by atoms with Gasteiger partial charge >= 0.3 is 5.97 Å². The Morgan fingerprint density at radius 1 is 1.30 bits per heavy atom. The first kappa shape index (κ1) is 14.2. The van der Waals surface area contributed by atoms with Crippen LogP contribution >= 0.6 is 0 Å². The second-order valence-corrected chi connectivity index (χ2v) is 4.75. The number of rotatable bonds is 6. The number of aromatic nitrogens is 2. The van der Waals surface area contributed by atoms with E-state index in [0.29, 0.717) is 24.9 Å². The van der Waals surface area contributed by atoms with E-state index in [1.54, 1.807) is 0 Å². The van der Waals surface area contributed by atoms with E-state index >= 15 is 0 Å². The zero-order valence-electron chi connectivity index (χ0n) is 11.5. The minimum Gasteiger partial charge on any atom is -0.481 e. The van der Waals surface area contributed by atoms with Crippen molar-refractivity contribution in [1.82, 2.24) is 15.1 Å². The summed E-state index contributed by atoms with van der Waals surface area (Å²) in [7, 11) is 1.82. The molecule has 1 heterocycles. The van der Waals surface area contributed by atoms with Gasteiger partial charge in [-0.15, -0.1) is 10.2 Å². The highest BCUT2D eigenvalue weighted by molar-refractivity contribution is 5.66. The lowest BCUT2D eigenvalue weighted by Gasteiger charge is -2.11. The highest BCUT2D eigenvalue weighted by Gasteiger charge is 2.11. The third-order valence-electron chi connectivity index (χ3n) is 2.88. The van der Waals surface area contributed by atoms with Gasteiger partial charge in [0.05, 0.1) is 13.0 Å². The molecule has 0 saturated heterocycles. The SMILES string of the molecule is Cc1ccc(-c2nnc(CN(C)CCC(=O)O)o2)cc1. The van der Waals surface area contributed by atoms with Gasteiger partial charge in [0, 0.05) is 12.1 Å². The van der Waals surface area contributed by atoms with Crippen LogP contribution in [0, 0.1) is 6.92 Å². The van der Waals surface area contributed by atoms with Gasteiger partial charge in [-0.25, -0.2) is 0 Å². The molecule has 1 N–H and O–H groups in total. The number of carbonyl (C=O) groups is 1. The summed E-state index contributed by atoms with van der Waals surface area (Å²) in [6, 6.07) is 7.83. The van der Waals surface area contributed by atoms with Gasteiger partial charge in [-0.2, -0.15) is 0 Å². The lowest BCUT2D eigenvalue weighted by atomic mass is 10.1. The van der Waals surface area contributed by atoms with Crippen LogP contribution in [0.15, 0.2) is 28.7 Å². The van der Waals surface area contributed by atoms with Gasteiger partial charge in [0.2, 0.25) is 11.8 Å². The smallest absolute Gasteiger partial charge is 0.304 e. The predicted octanol–water partition coefficient (Wildman–Crippen LogP) is 1.95. The van der Waals surface area contributed by atoms with Crippen LogP contribution in [-0.4, -0.2) is 39.8 Å². The monoisotopic (exact) mass is 275 g/mol. The Hall–Kier alpha value is -2.21. The third kappa shape index (κ3) is 3.89. The average Bonchev–Trinajstić information content (AvgIpc) is 2.85. The van der Waals surface area contributed by atoms with Crippen molar-refractivity contribution in [2.45, 2.75) is 19.9 Å². The van der Waals surface area contributed by atoms with E-state index in [0.717, 1.165) is 5.56 Å². The maximum atomic E-state index is 10.5. The lowest BCUT2D eigenvalue weighted by molar-refractivity contribution is -0.137. The number of carboxylic acid groups (broad SMARTS) is 1. The second kappa shape index (κ2) is 6.29. The van der Waals surface area contributed by atoms with Gasteiger partial charge < -0.3 is 9.52 Å². The van der Waals surface area contributed by atoms with E-state index in [2.05, 4.69) is 10.2 Å². The van der Waals surface area contributed by atoms with Gasteiger partial charge in [-0.1, -0.05) is 17.7 Å². The third-order valence-corrected chi connectivity index (χ3v) is 2.88. The Kier molecular flexibility index (Phi) is 4.47. The highest BCUT2D eigenvalue weighted by atomic mass is 16.4. The number of carboxylic acids is 1. The largest absolute Gasteiger partial charge is 0.481 e. The van der Waals surface area contributed by atoms with E-state index in [1.807, 2.05) is 43.1 Å². The Bertz CT molecular complexity index is 578. The Balaban J connectivity index is 1.98. The van der Waals surface area contributed by atoms with Crippen LogP contribution < -0.4 is 0 Å². The number of aliphatic carboxylic acids is 1. The van der Waals surface area contributed by atoms with Crippen molar-refractivity contribution in [3.63, 3.8) is 0 Å². The van der Waals surface area contributed by atoms with Gasteiger partial charge in [-0.3, -0.25) is 9.69 Å². The van der Waals surface area contributed by atoms with Crippen LogP contribution in [0.5, 0.6) is 0 Å². The van der Waals surface area contributed by atoms with E-state index in [-0.39, 0.29) is 6.42 Å². The summed E-state index contributed by atoms with van der Waals surface area (Å²) < 4.78 is 5.58. The molecule has 0 aliphatic rings. The molecule has 6 nitrogen and oxygen atoms in total. The van der Waals surface area contributed by atoms with Gasteiger partial charge in [0.1, 0.15) is 0 Å². The quantitative estimate of drug-likeness (QED) is 0.868. The van der Waals surface area contributed by atoms with Crippen molar-refractivity contribution in [1.29, 1.82) is 0 Å². The topological polar surface area (TPSA) is 79.5 Å². The minimum atomic E-state index is -0.817. The predicted molar refractivity (Wildman–Crippen MR) is 73.1 cm³/mol. The van der Waals surface area contributed by atoms with Crippen LogP contribution in [0.1, 0.15) is 17.9 Å². The van der Waals surface area contributed by atoms with Crippen molar-refractivity contribution in [3.05, 3.63) is 35.7 Å². The zero-order chi connectivity index (χ0) is 14.5. The molecule has 2 rings (SSSR count). The summed E-state index contributed by atoms with van der Waals surface area (Å²) in [5.74, 6) is 0.142. The summed E-state index contributed by atoms with van der Waals surface area (Å²) >= 11 is 0. The molecule has 0 aliphatic carbocycles. The van der Waals surface area contributed by atoms with Crippen molar-refractivity contribution in [2.75, 3.05) is 13.6 Å². The molecule has 0 atom stereocenters. The summed E-state index contributed by atoms with van der Waals surface area (Å²) in [6.07, 6.45) is 0.0927. The minimum absolute atomic E-state index is 0.0927. The number of hydrogen-bond donors (Lipinski definition) is 1. The molecule has 0 fully saturated rings.